The number of aromatic nitrogens is 1. The molecule has 0 aliphatic rings. The Morgan fingerprint density at radius 3 is 2.94 bits per heavy atom. The van der Waals surface area contributed by atoms with Gasteiger partial charge in [0.2, 0.25) is 0 Å². The first-order valence-electron chi connectivity index (χ1n) is 4.78. The number of carbonyl (C=O) groups is 2. The van der Waals surface area contributed by atoms with Crippen LogP contribution >= 0.6 is 11.3 Å². The maximum atomic E-state index is 11.4. The summed E-state index contributed by atoms with van der Waals surface area (Å²) in [6, 6.07) is 0. The van der Waals surface area contributed by atoms with Gasteiger partial charge in [-0.05, 0) is 6.92 Å². The van der Waals surface area contributed by atoms with Gasteiger partial charge in [0.15, 0.2) is 5.13 Å². The van der Waals surface area contributed by atoms with Crippen LogP contribution < -0.4 is 11.1 Å². The number of hydrogen-bond acceptors (Lipinski definition) is 6. The molecule has 0 saturated carbocycles. The third-order valence-corrected chi connectivity index (χ3v) is 2.35. The molecule has 0 aliphatic heterocycles. The van der Waals surface area contributed by atoms with Gasteiger partial charge in [-0.3, -0.25) is 9.59 Å². The lowest BCUT2D eigenvalue weighted by atomic mass is 10.4. The van der Waals surface area contributed by atoms with Crippen LogP contribution in [-0.4, -0.2) is 30.0 Å². The molecule has 1 aromatic rings. The van der Waals surface area contributed by atoms with E-state index in [4.69, 9.17) is 10.5 Å². The van der Waals surface area contributed by atoms with Gasteiger partial charge < -0.3 is 15.8 Å². The van der Waals surface area contributed by atoms with Crippen LogP contribution in [-0.2, 0) is 9.53 Å². The lowest BCUT2D eigenvalue weighted by molar-refractivity contribution is -0.142. The standard InChI is InChI=1S/C9H13N3O3S/c1-2-15-7(13)3-4-11-8(14)6-5-16-9(10)12-6/h5H,2-4H2,1H3,(H2,10,12)(H,11,14). The fourth-order valence-electron chi connectivity index (χ4n) is 0.994. The first-order chi connectivity index (χ1) is 7.63. The third-order valence-electron chi connectivity index (χ3n) is 1.67. The second-order valence-electron chi connectivity index (χ2n) is 2.88. The number of ether oxygens (including phenoxy) is 1. The molecule has 1 amide bonds. The van der Waals surface area contributed by atoms with Crippen LogP contribution in [0.3, 0.4) is 0 Å². The Hall–Kier alpha value is -1.63. The number of carbonyl (C=O) groups excluding carboxylic acids is 2. The molecule has 7 heteroatoms. The smallest absolute Gasteiger partial charge is 0.307 e. The number of thiazole rings is 1. The largest absolute Gasteiger partial charge is 0.466 e. The summed E-state index contributed by atoms with van der Waals surface area (Å²) in [5.74, 6) is -0.669. The van der Waals surface area contributed by atoms with E-state index in [0.29, 0.717) is 11.7 Å². The monoisotopic (exact) mass is 243 g/mol. The topological polar surface area (TPSA) is 94.3 Å². The highest BCUT2D eigenvalue weighted by Gasteiger charge is 2.09. The summed E-state index contributed by atoms with van der Waals surface area (Å²) in [4.78, 5) is 26.2. The summed E-state index contributed by atoms with van der Waals surface area (Å²) >= 11 is 1.19. The molecule has 0 atom stereocenters. The molecular weight excluding hydrogens is 230 g/mol. The van der Waals surface area contributed by atoms with E-state index in [1.165, 1.54) is 11.3 Å². The van der Waals surface area contributed by atoms with Crippen molar-refractivity contribution < 1.29 is 14.3 Å². The van der Waals surface area contributed by atoms with E-state index in [1.54, 1.807) is 12.3 Å². The number of hydrogen-bond donors (Lipinski definition) is 2. The molecule has 3 N–H and O–H groups in total. The minimum absolute atomic E-state index is 0.152. The number of nitrogens with zero attached hydrogens (tertiary/aromatic N) is 1. The van der Waals surface area contributed by atoms with Gasteiger partial charge in [-0.25, -0.2) is 4.98 Å². The van der Waals surface area contributed by atoms with Gasteiger partial charge >= 0.3 is 5.97 Å². The second kappa shape index (κ2) is 6.06. The third kappa shape index (κ3) is 3.85. The van der Waals surface area contributed by atoms with Crippen molar-refractivity contribution in [3.8, 4) is 0 Å². The molecule has 1 aromatic heterocycles. The predicted molar refractivity (Wildman–Crippen MR) is 60.1 cm³/mol. The number of amides is 1. The van der Waals surface area contributed by atoms with Crippen molar-refractivity contribution in [1.29, 1.82) is 0 Å². The zero-order valence-corrected chi connectivity index (χ0v) is 9.67. The Morgan fingerprint density at radius 1 is 1.62 bits per heavy atom. The first-order valence-corrected chi connectivity index (χ1v) is 5.66. The molecular formula is C9H13N3O3S. The minimum atomic E-state index is -0.336. The summed E-state index contributed by atoms with van der Waals surface area (Å²) < 4.78 is 4.71. The molecule has 88 valence electrons. The van der Waals surface area contributed by atoms with Gasteiger partial charge in [0.25, 0.3) is 5.91 Å². The van der Waals surface area contributed by atoms with E-state index in [-0.39, 0.29) is 30.5 Å². The normalized spacial score (nSPS) is 9.81. The maximum Gasteiger partial charge on any atom is 0.307 e. The van der Waals surface area contributed by atoms with E-state index < -0.39 is 0 Å². The molecule has 0 unspecified atom stereocenters. The molecule has 0 aliphatic carbocycles. The van der Waals surface area contributed by atoms with Gasteiger partial charge in [-0.15, -0.1) is 11.3 Å². The van der Waals surface area contributed by atoms with Crippen molar-refractivity contribution in [2.75, 3.05) is 18.9 Å². The second-order valence-corrected chi connectivity index (χ2v) is 3.77. The fourth-order valence-corrected chi connectivity index (χ4v) is 1.54. The summed E-state index contributed by atoms with van der Waals surface area (Å²) in [7, 11) is 0. The quantitative estimate of drug-likeness (QED) is 0.730. The van der Waals surface area contributed by atoms with Crippen molar-refractivity contribution in [1.82, 2.24) is 10.3 Å². The van der Waals surface area contributed by atoms with E-state index in [0.717, 1.165) is 0 Å². The zero-order chi connectivity index (χ0) is 12.0. The lowest BCUT2D eigenvalue weighted by Gasteiger charge is -2.02. The van der Waals surface area contributed by atoms with E-state index in [9.17, 15) is 9.59 Å². The van der Waals surface area contributed by atoms with Gasteiger partial charge in [-0.2, -0.15) is 0 Å². The number of esters is 1. The van der Waals surface area contributed by atoms with Crippen LogP contribution in [0.15, 0.2) is 5.38 Å². The van der Waals surface area contributed by atoms with Crippen LogP contribution in [0.25, 0.3) is 0 Å². The first kappa shape index (κ1) is 12.4. The van der Waals surface area contributed by atoms with Gasteiger partial charge in [-0.1, -0.05) is 0 Å². The highest BCUT2D eigenvalue weighted by atomic mass is 32.1. The molecule has 0 fully saturated rings. The average Bonchev–Trinajstić information content (AvgIpc) is 2.65. The number of nitrogen functional groups attached to an aromatic ring is 1. The molecule has 0 bridgehead atoms. The van der Waals surface area contributed by atoms with Crippen LogP contribution in [0.2, 0.25) is 0 Å². The summed E-state index contributed by atoms with van der Waals surface area (Å²) in [5, 5.41) is 4.46. The van der Waals surface area contributed by atoms with Crippen molar-refractivity contribution in [3.05, 3.63) is 11.1 Å². The van der Waals surface area contributed by atoms with Crippen LogP contribution in [0, 0.1) is 0 Å². The Morgan fingerprint density at radius 2 is 2.38 bits per heavy atom. The summed E-state index contributed by atoms with van der Waals surface area (Å²) in [6.07, 6.45) is 0.152. The minimum Gasteiger partial charge on any atom is -0.466 e. The molecule has 0 radical (unpaired) electrons. The highest BCUT2D eigenvalue weighted by Crippen LogP contribution is 2.10. The number of anilines is 1. The average molecular weight is 243 g/mol. The Balaban J connectivity index is 2.28. The van der Waals surface area contributed by atoms with Crippen molar-refractivity contribution in [2.24, 2.45) is 0 Å². The maximum absolute atomic E-state index is 11.4. The zero-order valence-electron chi connectivity index (χ0n) is 8.86. The summed E-state index contributed by atoms with van der Waals surface area (Å²) in [5.41, 5.74) is 5.66. The molecule has 1 heterocycles. The van der Waals surface area contributed by atoms with E-state index in [1.807, 2.05) is 0 Å². The molecule has 0 aromatic carbocycles. The van der Waals surface area contributed by atoms with Crippen LogP contribution in [0.5, 0.6) is 0 Å². The molecule has 16 heavy (non-hydrogen) atoms. The number of nitrogens with one attached hydrogen (secondary N) is 1. The SMILES string of the molecule is CCOC(=O)CCNC(=O)c1csc(N)n1. The fraction of sp³-hybridized carbons (Fsp3) is 0.444. The molecule has 6 nitrogen and oxygen atoms in total. The predicted octanol–water partition coefficient (Wildman–Crippen LogP) is 0.408. The van der Waals surface area contributed by atoms with Crippen molar-refractivity contribution >= 4 is 28.3 Å². The van der Waals surface area contributed by atoms with E-state index in [2.05, 4.69) is 10.3 Å². The van der Waals surface area contributed by atoms with Gasteiger partial charge in [0, 0.05) is 11.9 Å². The number of rotatable bonds is 5. The van der Waals surface area contributed by atoms with Crippen LogP contribution in [0.4, 0.5) is 5.13 Å². The highest BCUT2D eigenvalue weighted by molar-refractivity contribution is 7.13. The summed E-state index contributed by atoms with van der Waals surface area (Å²) in [6.45, 7) is 2.30. The Labute approximate surface area is 96.8 Å². The van der Waals surface area contributed by atoms with Gasteiger partial charge in [0.05, 0.1) is 13.0 Å². The molecule has 0 saturated heterocycles. The van der Waals surface area contributed by atoms with Crippen LogP contribution in [0.1, 0.15) is 23.8 Å². The van der Waals surface area contributed by atoms with Crippen molar-refractivity contribution in [2.45, 2.75) is 13.3 Å². The molecule has 0 spiro atoms. The van der Waals surface area contributed by atoms with Gasteiger partial charge in [0.1, 0.15) is 5.69 Å². The Bertz CT molecular complexity index is 378. The Kier molecular flexibility index (Phi) is 4.71. The van der Waals surface area contributed by atoms with Crippen molar-refractivity contribution in [3.63, 3.8) is 0 Å². The molecule has 1 rings (SSSR count). The number of nitrogens with two attached hydrogens (primary N) is 1. The lowest BCUT2D eigenvalue weighted by Crippen LogP contribution is -2.26. The van der Waals surface area contributed by atoms with E-state index >= 15 is 0 Å².